The molecule has 3 amide bonds. The first-order chi connectivity index (χ1) is 8.99. The van der Waals surface area contributed by atoms with Crippen LogP contribution in [0.15, 0.2) is 18.2 Å². The minimum Gasteiger partial charge on any atom is -0.340 e. The highest BCUT2D eigenvalue weighted by molar-refractivity contribution is 6.03. The van der Waals surface area contributed by atoms with E-state index in [-0.39, 0.29) is 12.8 Å². The van der Waals surface area contributed by atoms with Gasteiger partial charge in [0, 0.05) is 6.42 Å². The Hall–Kier alpha value is -2.31. The normalized spacial score (nSPS) is 18.9. The Bertz CT molecular complexity index is 560. The first-order valence-corrected chi connectivity index (χ1v) is 5.57. The third-order valence-corrected chi connectivity index (χ3v) is 2.74. The van der Waals surface area contributed by atoms with Crippen molar-refractivity contribution in [2.45, 2.75) is 18.9 Å². The molecule has 2 N–H and O–H groups in total. The number of rotatable bonds is 2. The van der Waals surface area contributed by atoms with Gasteiger partial charge in [-0.15, -0.1) is 0 Å². The SMILES string of the molecule is O=C1CCC(NC(=O)c2cccc(F)c2F)C(=O)N1. The molecule has 5 nitrogen and oxygen atoms in total. The molecule has 0 aromatic heterocycles. The van der Waals surface area contributed by atoms with Gasteiger partial charge in [-0.25, -0.2) is 8.78 Å². The van der Waals surface area contributed by atoms with E-state index in [9.17, 15) is 23.2 Å². The predicted octanol–water partition coefficient (Wildman–Crippen LogP) is 0.500. The molecule has 0 spiro atoms. The van der Waals surface area contributed by atoms with E-state index in [2.05, 4.69) is 10.6 Å². The molecular formula is C12H10F2N2O3. The highest BCUT2D eigenvalue weighted by Crippen LogP contribution is 2.12. The lowest BCUT2D eigenvalue weighted by atomic mass is 10.1. The van der Waals surface area contributed by atoms with E-state index in [0.29, 0.717) is 0 Å². The van der Waals surface area contributed by atoms with Crippen LogP contribution < -0.4 is 10.6 Å². The van der Waals surface area contributed by atoms with Crippen LogP contribution in [0.5, 0.6) is 0 Å². The van der Waals surface area contributed by atoms with Gasteiger partial charge in [-0.3, -0.25) is 19.7 Å². The summed E-state index contributed by atoms with van der Waals surface area (Å²) in [6.07, 6.45) is 0.218. The predicted molar refractivity (Wildman–Crippen MR) is 60.0 cm³/mol. The second-order valence-corrected chi connectivity index (χ2v) is 4.08. The van der Waals surface area contributed by atoms with E-state index in [1.165, 1.54) is 6.07 Å². The fraction of sp³-hybridized carbons (Fsp3) is 0.250. The summed E-state index contributed by atoms with van der Waals surface area (Å²) in [5.41, 5.74) is -0.482. The van der Waals surface area contributed by atoms with Crippen molar-refractivity contribution >= 4 is 17.7 Å². The molecule has 1 aliphatic heterocycles. The molecule has 1 aliphatic rings. The Balaban J connectivity index is 2.11. The van der Waals surface area contributed by atoms with Gasteiger partial charge in [0.05, 0.1) is 5.56 Å². The maximum absolute atomic E-state index is 13.4. The third kappa shape index (κ3) is 2.75. The quantitative estimate of drug-likeness (QED) is 0.767. The fourth-order valence-corrected chi connectivity index (χ4v) is 1.75. The molecule has 0 radical (unpaired) electrons. The summed E-state index contributed by atoms with van der Waals surface area (Å²) in [7, 11) is 0. The van der Waals surface area contributed by atoms with Crippen LogP contribution in [-0.4, -0.2) is 23.8 Å². The highest BCUT2D eigenvalue weighted by Gasteiger charge is 2.28. The average Bonchev–Trinajstić information content (AvgIpc) is 2.36. The molecule has 1 heterocycles. The van der Waals surface area contributed by atoms with E-state index in [0.717, 1.165) is 12.1 Å². The Morgan fingerprint density at radius 2 is 2.05 bits per heavy atom. The monoisotopic (exact) mass is 268 g/mol. The summed E-state index contributed by atoms with van der Waals surface area (Å²) in [6, 6.07) is 2.27. The first-order valence-electron chi connectivity index (χ1n) is 5.57. The summed E-state index contributed by atoms with van der Waals surface area (Å²) in [5, 5.41) is 4.32. The highest BCUT2D eigenvalue weighted by atomic mass is 19.2. The molecule has 19 heavy (non-hydrogen) atoms. The molecular weight excluding hydrogens is 258 g/mol. The Morgan fingerprint density at radius 1 is 1.32 bits per heavy atom. The topological polar surface area (TPSA) is 75.3 Å². The number of hydrogen-bond donors (Lipinski definition) is 2. The second-order valence-electron chi connectivity index (χ2n) is 4.08. The number of amides is 3. The molecule has 1 atom stereocenters. The van der Waals surface area contributed by atoms with Crippen molar-refractivity contribution in [3.8, 4) is 0 Å². The van der Waals surface area contributed by atoms with Gasteiger partial charge in [-0.2, -0.15) is 0 Å². The fourth-order valence-electron chi connectivity index (χ4n) is 1.75. The number of halogens is 2. The van der Waals surface area contributed by atoms with Gasteiger partial charge in [-0.05, 0) is 18.6 Å². The lowest BCUT2D eigenvalue weighted by Crippen LogP contribution is -2.52. The zero-order valence-electron chi connectivity index (χ0n) is 9.70. The smallest absolute Gasteiger partial charge is 0.255 e. The van der Waals surface area contributed by atoms with E-state index in [1.54, 1.807) is 0 Å². The van der Waals surface area contributed by atoms with Gasteiger partial charge in [-0.1, -0.05) is 6.07 Å². The maximum atomic E-state index is 13.4. The minimum absolute atomic E-state index is 0.0856. The van der Waals surface area contributed by atoms with Gasteiger partial charge in [0.25, 0.3) is 5.91 Å². The van der Waals surface area contributed by atoms with E-state index < -0.39 is 41.0 Å². The van der Waals surface area contributed by atoms with Crippen LogP contribution in [-0.2, 0) is 9.59 Å². The van der Waals surface area contributed by atoms with Crippen molar-refractivity contribution in [1.82, 2.24) is 10.6 Å². The molecule has 1 unspecified atom stereocenters. The molecule has 1 aromatic rings. The van der Waals surface area contributed by atoms with Crippen LogP contribution >= 0.6 is 0 Å². The van der Waals surface area contributed by atoms with E-state index in [1.807, 2.05) is 0 Å². The second kappa shape index (κ2) is 5.13. The van der Waals surface area contributed by atoms with Gasteiger partial charge >= 0.3 is 0 Å². The maximum Gasteiger partial charge on any atom is 0.255 e. The number of piperidine rings is 1. The summed E-state index contributed by atoms with van der Waals surface area (Å²) in [4.78, 5) is 34.1. The van der Waals surface area contributed by atoms with E-state index >= 15 is 0 Å². The Morgan fingerprint density at radius 3 is 2.74 bits per heavy atom. The van der Waals surface area contributed by atoms with Crippen molar-refractivity contribution < 1.29 is 23.2 Å². The van der Waals surface area contributed by atoms with Gasteiger partial charge < -0.3 is 5.32 Å². The Labute approximate surface area is 107 Å². The lowest BCUT2D eigenvalue weighted by molar-refractivity contribution is -0.134. The summed E-state index contributed by atoms with van der Waals surface area (Å²) in [5.74, 6) is -4.39. The molecule has 7 heteroatoms. The molecule has 1 fully saturated rings. The van der Waals surface area contributed by atoms with Gasteiger partial charge in [0.2, 0.25) is 11.8 Å². The van der Waals surface area contributed by atoms with Crippen LogP contribution in [0.3, 0.4) is 0 Å². The summed E-state index contributed by atoms with van der Waals surface area (Å²) in [6.45, 7) is 0. The van der Waals surface area contributed by atoms with Gasteiger partial charge in [0.15, 0.2) is 11.6 Å². The van der Waals surface area contributed by atoms with Crippen LogP contribution in [0.25, 0.3) is 0 Å². The minimum atomic E-state index is -1.27. The van der Waals surface area contributed by atoms with E-state index in [4.69, 9.17) is 0 Å². The number of nitrogens with one attached hydrogen (secondary N) is 2. The third-order valence-electron chi connectivity index (χ3n) is 2.74. The summed E-state index contributed by atoms with van der Waals surface area (Å²) >= 11 is 0. The molecule has 0 saturated carbocycles. The zero-order valence-corrected chi connectivity index (χ0v) is 9.70. The largest absolute Gasteiger partial charge is 0.340 e. The molecule has 100 valence electrons. The molecule has 0 bridgehead atoms. The number of hydrogen-bond acceptors (Lipinski definition) is 3. The van der Waals surface area contributed by atoms with Crippen LogP contribution in [0.1, 0.15) is 23.2 Å². The zero-order chi connectivity index (χ0) is 14.0. The molecule has 2 rings (SSSR count). The van der Waals surface area contributed by atoms with Crippen LogP contribution in [0, 0.1) is 11.6 Å². The molecule has 1 aromatic carbocycles. The van der Waals surface area contributed by atoms with Crippen molar-refractivity contribution in [2.75, 3.05) is 0 Å². The lowest BCUT2D eigenvalue weighted by Gasteiger charge is -2.21. The summed E-state index contributed by atoms with van der Waals surface area (Å²) < 4.78 is 26.3. The van der Waals surface area contributed by atoms with Crippen molar-refractivity contribution in [3.63, 3.8) is 0 Å². The molecule has 1 saturated heterocycles. The number of imide groups is 1. The van der Waals surface area contributed by atoms with Crippen LogP contribution in [0.2, 0.25) is 0 Å². The standard InChI is InChI=1S/C12H10F2N2O3/c13-7-3-1-2-6(10(7)14)11(18)15-8-4-5-9(17)16-12(8)19/h1-3,8H,4-5H2,(H,15,18)(H,16,17,19). The molecule has 0 aliphatic carbocycles. The number of carbonyl (C=O) groups excluding carboxylic acids is 3. The van der Waals surface area contributed by atoms with Crippen molar-refractivity contribution in [2.24, 2.45) is 0 Å². The first kappa shape index (κ1) is 13.1. The number of carbonyl (C=O) groups is 3. The van der Waals surface area contributed by atoms with Crippen molar-refractivity contribution in [1.29, 1.82) is 0 Å². The average molecular weight is 268 g/mol. The number of benzene rings is 1. The van der Waals surface area contributed by atoms with Crippen LogP contribution in [0.4, 0.5) is 8.78 Å². The van der Waals surface area contributed by atoms with Gasteiger partial charge in [0.1, 0.15) is 6.04 Å². The van der Waals surface area contributed by atoms with Crippen molar-refractivity contribution in [3.05, 3.63) is 35.4 Å². The Kier molecular flexibility index (Phi) is 3.55.